The molecule has 0 spiro atoms. The molecule has 0 radical (unpaired) electrons. The highest BCUT2D eigenvalue weighted by Gasteiger charge is 2.22. The molecule has 0 fully saturated rings. The molecular formula is C26H24N4O2S2. The average molecular weight is 489 g/mol. The predicted octanol–water partition coefficient (Wildman–Crippen LogP) is 5.36. The third-order valence-corrected chi connectivity index (χ3v) is 6.58. The molecule has 2 aromatic heterocycles. The highest BCUT2D eigenvalue weighted by atomic mass is 32.2. The third-order valence-electron chi connectivity index (χ3n) is 5.17. The molecule has 0 bridgehead atoms. The number of anilines is 1. The zero-order valence-electron chi connectivity index (χ0n) is 18.6. The summed E-state index contributed by atoms with van der Waals surface area (Å²) in [5.74, 6) is 0.206. The maximum atomic E-state index is 13.0. The Morgan fingerprint density at radius 3 is 2.50 bits per heavy atom. The summed E-state index contributed by atoms with van der Waals surface area (Å²) in [5, 5.41) is 8.16. The van der Waals surface area contributed by atoms with Gasteiger partial charge in [0.05, 0.1) is 5.69 Å². The molecule has 0 saturated heterocycles. The number of rotatable bonds is 9. The van der Waals surface area contributed by atoms with Crippen molar-refractivity contribution in [1.82, 2.24) is 15.3 Å². The van der Waals surface area contributed by atoms with E-state index in [2.05, 4.69) is 26.7 Å². The summed E-state index contributed by atoms with van der Waals surface area (Å²) >= 11 is 2.99. The maximum absolute atomic E-state index is 13.0. The lowest BCUT2D eigenvalue weighted by atomic mass is 10.0. The van der Waals surface area contributed by atoms with Crippen molar-refractivity contribution >= 4 is 40.0 Å². The molecule has 2 N–H and O–H groups in total. The Labute approximate surface area is 206 Å². The first-order valence-corrected chi connectivity index (χ1v) is 13.0. The molecule has 4 rings (SSSR count). The lowest BCUT2D eigenvalue weighted by Crippen LogP contribution is -2.44. The Bertz CT molecular complexity index is 1250. The van der Waals surface area contributed by atoms with Gasteiger partial charge >= 0.3 is 0 Å². The van der Waals surface area contributed by atoms with E-state index in [1.165, 1.54) is 11.3 Å². The fourth-order valence-corrected chi connectivity index (χ4v) is 4.59. The van der Waals surface area contributed by atoms with Crippen molar-refractivity contribution in [2.45, 2.75) is 12.5 Å². The molecule has 0 saturated carbocycles. The monoisotopic (exact) mass is 488 g/mol. The fraction of sp³-hybridized carbons (Fsp3) is 0.154. The maximum Gasteiger partial charge on any atom is 0.251 e. The number of aromatic nitrogens is 2. The molecule has 172 valence electrons. The largest absolute Gasteiger partial charge is 0.340 e. The van der Waals surface area contributed by atoms with Crippen LogP contribution in [0.25, 0.3) is 22.4 Å². The lowest BCUT2D eigenvalue weighted by molar-refractivity contribution is -0.118. The van der Waals surface area contributed by atoms with Crippen LogP contribution in [0.4, 0.5) is 5.13 Å². The van der Waals surface area contributed by atoms with Gasteiger partial charge in [0.1, 0.15) is 6.04 Å². The van der Waals surface area contributed by atoms with Gasteiger partial charge in [0, 0.05) is 28.9 Å². The number of nitrogens with one attached hydrogen (secondary N) is 2. The number of hydrogen-bond donors (Lipinski definition) is 2. The number of carbonyl (C=O) groups is 2. The number of hydrogen-bond acceptors (Lipinski definition) is 6. The minimum atomic E-state index is -0.650. The van der Waals surface area contributed by atoms with E-state index in [9.17, 15) is 9.59 Å². The number of thioether (sulfide) groups is 1. The summed E-state index contributed by atoms with van der Waals surface area (Å²) in [7, 11) is 0. The van der Waals surface area contributed by atoms with E-state index in [1.807, 2.05) is 48.0 Å². The van der Waals surface area contributed by atoms with Crippen LogP contribution in [0, 0.1) is 0 Å². The van der Waals surface area contributed by atoms with Crippen LogP contribution in [-0.2, 0) is 4.79 Å². The number of nitrogens with zero attached hydrogens (tertiary/aromatic N) is 2. The fourth-order valence-electron chi connectivity index (χ4n) is 3.39. The van der Waals surface area contributed by atoms with Gasteiger partial charge < -0.3 is 10.6 Å². The third kappa shape index (κ3) is 6.09. The van der Waals surface area contributed by atoms with Crippen LogP contribution < -0.4 is 10.6 Å². The van der Waals surface area contributed by atoms with Gasteiger partial charge in [-0.25, -0.2) is 4.98 Å². The number of carbonyl (C=O) groups excluding carboxylic acids is 2. The number of pyridine rings is 1. The molecule has 34 heavy (non-hydrogen) atoms. The molecule has 6 nitrogen and oxygen atoms in total. The molecule has 2 amide bonds. The first-order valence-electron chi connectivity index (χ1n) is 10.8. The van der Waals surface area contributed by atoms with Gasteiger partial charge in [-0.3, -0.25) is 14.6 Å². The topological polar surface area (TPSA) is 84.0 Å². The lowest BCUT2D eigenvalue weighted by Gasteiger charge is -2.17. The van der Waals surface area contributed by atoms with Gasteiger partial charge in [0.2, 0.25) is 5.91 Å². The van der Waals surface area contributed by atoms with Crippen LogP contribution in [0.15, 0.2) is 84.5 Å². The van der Waals surface area contributed by atoms with E-state index < -0.39 is 6.04 Å². The molecule has 0 aliphatic rings. The predicted molar refractivity (Wildman–Crippen MR) is 140 cm³/mol. The molecule has 2 aromatic carbocycles. The van der Waals surface area contributed by atoms with Gasteiger partial charge in [-0.1, -0.05) is 36.4 Å². The normalized spacial score (nSPS) is 11.6. The second kappa shape index (κ2) is 11.6. The summed E-state index contributed by atoms with van der Waals surface area (Å²) in [6.45, 7) is 0. The standard InChI is InChI=1S/C26H24N4O2S2/c1-33-15-12-22(28-24(31)19-6-3-2-4-7-19)25(32)30-26-29-23(17-34-26)21-9-5-8-20(16-21)18-10-13-27-14-11-18/h2-11,13-14,16-17,22H,12,15H2,1H3,(H,28,31)(H,29,30,32)/t22-/m0/s1. The van der Waals surface area contributed by atoms with E-state index in [1.54, 1.807) is 48.4 Å². The molecule has 1 atom stereocenters. The van der Waals surface area contributed by atoms with Crippen LogP contribution in [0.1, 0.15) is 16.8 Å². The van der Waals surface area contributed by atoms with Crippen molar-refractivity contribution in [2.24, 2.45) is 0 Å². The van der Waals surface area contributed by atoms with E-state index in [0.717, 1.165) is 28.1 Å². The van der Waals surface area contributed by atoms with E-state index in [-0.39, 0.29) is 11.8 Å². The minimum Gasteiger partial charge on any atom is -0.340 e. The highest BCUT2D eigenvalue weighted by Crippen LogP contribution is 2.28. The van der Waals surface area contributed by atoms with E-state index in [4.69, 9.17) is 0 Å². The van der Waals surface area contributed by atoms with Crippen LogP contribution in [0.2, 0.25) is 0 Å². The average Bonchev–Trinajstić information content (AvgIpc) is 3.36. The van der Waals surface area contributed by atoms with Crippen molar-refractivity contribution < 1.29 is 9.59 Å². The smallest absolute Gasteiger partial charge is 0.251 e. The van der Waals surface area contributed by atoms with Gasteiger partial charge in [-0.05, 0) is 59.9 Å². The van der Waals surface area contributed by atoms with Gasteiger partial charge in [0.25, 0.3) is 5.91 Å². The Morgan fingerprint density at radius 1 is 0.971 bits per heavy atom. The minimum absolute atomic E-state index is 0.269. The second-order valence-corrected chi connectivity index (χ2v) is 9.36. The quantitative estimate of drug-likeness (QED) is 0.331. The van der Waals surface area contributed by atoms with E-state index >= 15 is 0 Å². The Kier molecular flexibility index (Phi) is 8.06. The molecule has 4 aromatic rings. The first kappa shape index (κ1) is 23.7. The SMILES string of the molecule is CSCC[C@H](NC(=O)c1ccccc1)C(=O)Nc1nc(-c2cccc(-c3ccncc3)c2)cs1. The number of amides is 2. The van der Waals surface area contributed by atoms with Crippen LogP contribution >= 0.6 is 23.1 Å². The Morgan fingerprint density at radius 2 is 1.74 bits per heavy atom. The molecule has 0 unspecified atom stereocenters. The summed E-state index contributed by atoms with van der Waals surface area (Å²) in [6.07, 6.45) is 6.03. The molecule has 8 heteroatoms. The molecule has 0 aliphatic carbocycles. The summed E-state index contributed by atoms with van der Waals surface area (Å²) < 4.78 is 0. The Hall–Kier alpha value is -3.49. The van der Waals surface area contributed by atoms with Crippen molar-refractivity contribution in [3.63, 3.8) is 0 Å². The molecule has 0 aliphatic heterocycles. The zero-order valence-corrected chi connectivity index (χ0v) is 20.2. The van der Waals surface area contributed by atoms with Gasteiger partial charge in [-0.15, -0.1) is 11.3 Å². The number of benzene rings is 2. The summed E-state index contributed by atoms with van der Waals surface area (Å²) in [4.78, 5) is 34.3. The van der Waals surface area contributed by atoms with Crippen LogP contribution in [0.3, 0.4) is 0 Å². The molecule has 2 heterocycles. The van der Waals surface area contributed by atoms with Crippen LogP contribution in [-0.4, -0.2) is 39.8 Å². The number of thiazole rings is 1. The summed E-state index contributed by atoms with van der Waals surface area (Å²) in [6, 6.07) is 20.3. The molecular weight excluding hydrogens is 464 g/mol. The van der Waals surface area contributed by atoms with Crippen molar-refractivity contribution in [2.75, 3.05) is 17.3 Å². The van der Waals surface area contributed by atoms with Crippen molar-refractivity contribution in [3.8, 4) is 22.4 Å². The van der Waals surface area contributed by atoms with Crippen molar-refractivity contribution in [1.29, 1.82) is 0 Å². The van der Waals surface area contributed by atoms with Crippen molar-refractivity contribution in [3.05, 3.63) is 90.1 Å². The zero-order chi connectivity index (χ0) is 23.8. The van der Waals surface area contributed by atoms with Gasteiger partial charge in [0.15, 0.2) is 5.13 Å². The second-order valence-electron chi connectivity index (χ2n) is 7.52. The summed E-state index contributed by atoms with van der Waals surface area (Å²) in [5.41, 5.74) is 4.41. The van der Waals surface area contributed by atoms with Crippen LogP contribution in [0.5, 0.6) is 0 Å². The Balaban J connectivity index is 1.46. The van der Waals surface area contributed by atoms with E-state index in [0.29, 0.717) is 17.1 Å². The highest BCUT2D eigenvalue weighted by molar-refractivity contribution is 7.98. The van der Waals surface area contributed by atoms with Gasteiger partial charge in [-0.2, -0.15) is 11.8 Å². The first-order chi connectivity index (χ1) is 16.6.